The fraction of sp³-hybridized carbons (Fsp3) is 0.500. The third kappa shape index (κ3) is 7.64. The summed E-state index contributed by atoms with van der Waals surface area (Å²) in [6.45, 7) is 4.72. The summed E-state index contributed by atoms with van der Waals surface area (Å²) in [5, 5.41) is 6.45. The molecule has 2 aromatic carbocycles. The number of carbonyl (C=O) groups excluding carboxylic acids is 3. The molecule has 0 bridgehead atoms. The number of ether oxygens (including phenoxy) is 1. The molecule has 2 fully saturated rings. The molecule has 2 aromatic rings. The van der Waals surface area contributed by atoms with Crippen LogP contribution in [0.15, 0.2) is 58.7 Å². The first-order valence-corrected chi connectivity index (χ1v) is 16.9. The number of hydrogen-bond acceptors (Lipinski definition) is 7. The molecule has 6 rings (SSSR count). The Labute approximate surface area is 273 Å². The SMILES string of the molecule is Nc1ccc(CC(OC(=O)N2CCC(CC3CCc4ccccc4NC3=O)CC2)C(=O)N2CCN(C3=CCNCC3)C2)cc1Br. The van der Waals surface area contributed by atoms with Gasteiger partial charge in [-0.1, -0.05) is 30.3 Å². The monoisotopic (exact) mass is 678 g/mol. The van der Waals surface area contributed by atoms with E-state index in [1.807, 2.05) is 30.3 Å². The molecule has 10 nitrogen and oxygen atoms in total. The second kappa shape index (κ2) is 14.2. The number of likely N-dealkylation sites (tertiary alicyclic amines) is 1. The van der Waals surface area contributed by atoms with Gasteiger partial charge in [0, 0.05) is 73.2 Å². The number of aryl methyl sites for hydroxylation is 1. The Kier molecular flexibility index (Phi) is 9.94. The normalized spacial score (nSPS) is 21.4. The van der Waals surface area contributed by atoms with E-state index in [-0.39, 0.29) is 24.2 Å². The number of nitrogens with zero attached hydrogens (tertiary/aromatic N) is 3. The van der Waals surface area contributed by atoms with E-state index >= 15 is 0 Å². The van der Waals surface area contributed by atoms with Crippen molar-refractivity contribution < 1.29 is 19.1 Å². The van der Waals surface area contributed by atoms with Crippen molar-refractivity contribution in [3.63, 3.8) is 0 Å². The van der Waals surface area contributed by atoms with Crippen LogP contribution in [0.2, 0.25) is 0 Å². The average Bonchev–Trinajstić information content (AvgIpc) is 3.50. The first-order chi connectivity index (χ1) is 21.8. The van der Waals surface area contributed by atoms with Crippen molar-refractivity contribution in [2.45, 2.75) is 51.0 Å². The maximum Gasteiger partial charge on any atom is 0.410 e. The molecule has 4 N–H and O–H groups in total. The Bertz CT molecular complexity index is 1440. The van der Waals surface area contributed by atoms with Crippen LogP contribution < -0.4 is 16.4 Å². The topological polar surface area (TPSA) is 120 Å². The van der Waals surface area contributed by atoms with Crippen LogP contribution in [-0.4, -0.2) is 84.6 Å². The first-order valence-electron chi connectivity index (χ1n) is 16.2. The van der Waals surface area contributed by atoms with Crippen molar-refractivity contribution in [2.75, 3.05) is 57.0 Å². The van der Waals surface area contributed by atoms with E-state index in [4.69, 9.17) is 10.5 Å². The molecule has 2 saturated heterocycles. The zero-order chi connectivity index (χ0) is 31.3. The fourth-order valence-corrected chi connectivity index (χ4v) is 7.35. The minimum atomic E-state index is -0.941. The van der Waals surface area contributed by atoms with Crippen LogP contribution in [0.4, 0.5) is 16.2 Å². The van der Waals surface area contributed by atoms with Crippen molar-refractivity contribution >= 4 is 45.2 Å². The van der Waals surface area contributed by atoms with Crippen molar-refractivity contribution in [3.05, 3.63) is 69.8 Å². The Morgan fingerprint density at radius 3 is 2.62 bits per heavy atom. The van der Waals surface area contributed by atoms with Crippen molar-refractivity contribution in [1.29, 1.82) is 0 Å². The molecule has 45 heavy (non-hydrogen) atoms. The van der Waals surface area contributed by atoms with Gasteiger partial charge in [0.25, 0.3) is 5.91 Å². The summed E-state index contributed by atoms with van der Waals surface area (Å²) in [5.74, 6) is 0.233. The number of rotatable bonds is 7. The van der Waals surface area contributed by atoms with Gasteiger partial charge in [-0.3, -0.25) is 9.59 Å². The predicted octanol–water partition coefficient (Wildman–Crippen LogP) is 4.36. The number of benzene rings is 2. The number of amides is 3. The highest BCUT2D eigenvalue weighted by molar-refractivity contribution is 9.10. The molecule has 4 aliphatic heterocycles. The van der Waals surface area contributed by atoms with Gasteiger partial charge in [-0.15, -0.1) is 0 Å². The van der Waals surface area contributed by atoms with E-state index in [0.717, 1.165) is 73.9 Å². The summed E-state index contributed by atoms with van der Waals surface area (Å²) in [5.41, 5.74) is 10.8. The van der Waals surface area contributed by atoms with Crippen LogP contribution in [0.3, 0.4) is 0 Å². The lowest BCUT2D eigenvalue weighted by Crippen LogP contribution is -2.46. The maximum absolute atomic E-state index is 13.9. The second-order valence-electron chi connectivity index (χ2n) is 12.6. The fourth-order valence-electron chi connectivity index (χ4n) is 6.93. The van der Waals surface area contributed by atoms with E-state index in [2.05, 4.69) is 43.6 Å². The largest absolute Gasteiger partial charge is 0.436 e. The van der Waals surface area contributed by atoms with Crippen molar-refractivity contribution in [1.82, 2.24) is 20.0 Å². The molecule has 4 aliphatic rings. The van der Waals surface area contributed by atoms with Gasteiger partial charge in [0.2, 0.25) is 5.91 Å². The summed E-state index contributed by atoms with van der Waals surface area (Å²) in [6.07, 6.45) is 6.13. The van der Waals surface area contributed by atoms with Gasteiger partial charge in [0.1, 0.15) is 0 Å². The molecule has 3 amide bonds. The second-order valence-corrected chi connectivity index (χ2v) is 13.5. The summed E-state index contributed by atoms with van der Waals surface area (Å²) >= 11 is 3.48. The van der Waals surface area contributed by atoms with Crippen LogP contribution in [0, 0.1) is 11.8 Å². The van der Waals surface area contributed by atoms with E-state index in [0.29, 0.717) is 37.9 Å². The lowest BCUT2D eigenvalue weighted by molar-refractivity contribution is -0.140. The number of nitrogens with two attached hydrogens (primary N) is 1. The minimum Gasteiger partial charge on any atom is -0.436 e. The zero-order valence-electron chi connectivity index (χ0n) is 25.7. The quantitative estimate of drug-likeness (QED) is 0.372. The molecular weight excluding hydrogens is 636 g/mol. The summed E-state index contributed by atoms with van der Waals surface area (Å²) in [7, 11) is 0. The van der Waals surface area contributed by atoms with Crippen molar-refractivity contribution in [3.8, 4) is 0 Å². The van der Waals surface area contributed by atoms with Gasteiger partial charge in [0.05, 0.1) is 6.67 Å². The molecular formula is C34H43BrN6O4. The van der Waals surface area contributed by atoms with E-state index in [9.17, 15) is 14.4 Å². The number of nitrogen functional groups attached to an aromatic ring is 1. The Balaban J connectivity index is 1.06. The summed E-state index contributed by atoms with van der Waals surface area (Å²) < 4.78 is 6.76. The van der Waals surface area contributed by atoms with Crippen LogP contribution in [0.25, 0.3) is 0 Å². The van der Waals surface area contributed by atoms with Gasteiger partial charge in [0.15, 0.2) is 6.10 Å². The van der Waals surface area contributed by atoms with E-state index in [1.165, 1.54) is 11.3 Å². The van der Waals surface area contributed by atoms with Crippen LogP contribution >= 0.6 is 15.9 Å². The van der Waals surface area contributed by atoms with E-state index in [1.54, 1.807) is 15.9 Å². The zero-order valence-corrected chi connectivity index (χ0v) is 27.3. The smallest absolute Gasteiger partial charge is 0.410 e. The van der Waals surface area contributed by atoms with Gasteiger partial charge in [-0.05, 0) is 89.7 Å². The highest BCUT2D eigenvalue weighted by Crippen LogP contribution is 2.32. The first kappa shape index (κ1) is 31.4. The number of fused-ring (bicyclic) bond motifs is 1. The number of halogens is 1. The molecule has 11 heteroatoms. The average molecular weight is 680 g/mol. The molecule has 4 heterocycles. The highest BCUT2D eigenvalue weighted by atomic mass is 79.9. The predicted molar refractivity (Wildman–Crippen MR) is 177 cm³/mol. The van der Waals surface area contributed by atoms with Gasteiger partial charge >= 0.3 is 6.09 Å². The Hall–Kier alpha value is -3.57. The van der Waals surface area contributed by atoms with Gasteiger partial charge in [-0.2, -0.15) is 0 Å². The third-order valence-corrected chi connectivity index (χ3v) is 10.3. The summed E-state index contributed by atoms with van der Waals surface area (Å²) in [4.78, 5) is 46.1. The molecule has 2 atom stereocenters. The number of piperidine rings is 1. The number of anilines is 2. The third-order valence-electron chi connectivity index (χ3n) is 9.64. The lowest BCUT2D eigenvalue weighted by Gasteiger charge is -2.34. The van der Waals surface area contributed by atoms with Gasteiger partial charge in [-0.25, -0.2) is 4.79 Å². The number of hydrogen-bond donors (Lipinski definition) is 3. The molecule has 2 unspecified atom stereocenters. The number of para-hydroxylation sites is 1. The Morgan fingerprint density at radius 1 is 1.02 bits per heavy atom. The number of nitrogens with one attached hydrogen (secondary N) is 2. The van der Waals surface area contributed by atoms with Crippen LogP contribution in [-0.2, 0) is 27.2 Å². The highest BCUT2D eigenvalue weighted by Gasteiger charge is 2.36. The summed E-state index contributed by atoms with van der Waals surface area (Å²) in [6, 6.07) is 13.6. The van der Waals surface area contributed by atoms with Crippen molar-refractivity contribution in [2.24, 2.45) is 11.8 Å². The lowest BCUT2D eigenvalue weighted by atomic mass is 9.84. The van der Waals surface area contributed by atoms with Crippen LogP contribution in [0.1, 0.15) is 43.2 Å². The minimum absolute atomic E-state index is 0.0391. The van der Waals surface area contributed by atoms with E-state index < -0.39 is 12.2 Å². The standard InChI is InChI=1S/C34H43BrN6O4/c35-28-20-24(5-8-29(28)36)21-31(33(43)41-18-17-40(22-41)27-9-13-37-14-10-27)45-34(44)39-15-11-23(12-16-39)19-26-7-6-25-3-1-2-4-30(25)38-32(26)42/h1-5,8-9,20,23,26,31,37H,6-7,10-19,21-22,36H2,(H,38,42). The maximum atomic E-state index is 13.9. The molecule has 0 aromatic heterocycles. The van der Waals surface area contributed by atoms with Crippen LogP contribution in [0.5, 0.6) is 0 Å². The molecule has 0 radical (unpaired) electrons. The van der Waals surface area contributed by atoms with Gasteiger partial charge < -0.3 is 35.8 Å². The molecule has 0 saturated carbocycles. The Morgan fingerprint density at radius 2 is 1.84 bits per heavy atom. The number of carbonyl (C=O) groups is 3. The molecule has 240 valence electrons. The molecule has 0 aliphatic carbocycles. The molecule has 0 spiro atoms.